The molecule has 0 bridgehead atoms. The minimum atomic E-state index is -0.671. The van der Waals surface area contributed by atoms with E-state index in [1.54, 1.807) is 62.6 Å². The summed E-state index contributed by atoms with van der Waals surface area (Å²) < 4.78 is 22.0. The second-order valence-corrected chi connectivity index (χ2v) is 8.80. The van der Waals surface area contributed by atoms with Gasteiger partial charge in [-0.05, 0) is 45.9 Å². The minimum Gasteiger partial charge on any atom is -0.459 e. The Kier molecular flexibility index (Phi) is 5.09. The monoisotopic (exact) mass is 441 g/mol. The molecule has 2 heterocycles. The number of esters is 1. The van der Waals surface area contributed by atoms with Crippen molar-refractivity contribution in [3.63, 3.8) is 0 Å². The van der Waals surface area contributed by atoms with Gasteiger partial charge in [0.15, 0.2) is 0 Å². The van der Waals surface area contributed by atoms with Crippen LogP contribution >= 0.6 is 11.6 Å². The van der Waals surface area contributed by atoms with Gasteiger partial charge in [0.25, 0.3) is 5.56 Å². The zero-order valence-corrected chi connectivity index (χ0v) is 18.3. The summed E-state index contributed by atoms with van der Waals surface area (Å²) in [6, 6.07) is 9.88. The molecule has 0 amide bonds. The van der Waals surface area contributed by atoms with Crippen molar-refractivity contribution in [3.05, 3.63) is 63.3 Å². The van der Waals surface area contributed by atoms with Crippen LogP contribution < -0.4 is 5.56 Å². The number of ether oxygens (including phenoxy) is 1. The average Bonchev–Trinajstić information content (AvgIpc) is 2.93. The molecule has 8 heteroatoms. The Balaban J connectivity index is 2.02. The Morgan fingerprint density at radius 3 is 2.55 bits per heavy atom. The second kappa shape index (κ2) is 7.50. The molecular formula is C23H21ClFN3O3. The fraction of sp³-hybridized carbons (Fsp3) is 0.261. The average molecular weight is 442 g/mol. The lowest BCUT2D eigenvalue weighted by Gasteiger charge is -2.20. The Hall–Kier alpha value is -3.19. The maximum atomic E-state index is 15.0. The van der Waals surface area contributed by atoms with Gasteiger partial charge in [0, 0.05) is 27.1 Å². The molecule has 0 aliphatic rings. The highest BCUT2D eigenvalue weighted by atomic mass is 35.5. The van der Waals surface area contributed by atoms with Gasteiger partial charge < -0.3 is 9.30 Å². The molecule has 160 valence electrons. The maximum absolute atomic E-state index is 15.0. The summed E-state index contributed by atoms with van der Waals surface area (Å²) in [6.07, 6.45) is 0. The summed E-state index contributed by atoms with van der Waals surface area (Å²) in [6.45, 7) is 6.91. The second-order valence-electron chi connectivity index (χ2n) is 8.36. The van der Waals surface area contributed by atoms with Gasteiger partial charge in [0.05, 0.1) is 10.9 Å². The molecule has 0 saturated heterocycles. The Morgan fingerprint density at radius 1 is 1.19 bits per heavy atom. The molecular weight excluding hydrogens is 421 g/mol. The number of carbonyl (C=O) groups excluding carboxylic acids is 1. The standard InChI is InChI=1S/C23H21ClFN3O3/c1-12-19(20-14-7-5-6-8-15(14)22(30)27-26-20)16-9-13(24)10-17(25)21(16)28(12)11-18(29)31-23(2,3)4/h5-10H,11H2,1-4H3,(H,27,30). The lowest BCUT2D eigenvalue weighted by Crippen LogP contribution is -2.26. The molecule has 0 aliphatic heterocycles. The lowest BCUT2D eigenvalue weighted by molar-refractivity contribution is -0.155. The maximum Gasteiger partial charge on any atom is 0.326 e. The first-order valence-electron chi connectivity index (χ1n) is 9.74. The molecule has 0 aliphatic carbocycles. The lowest BCUT2D eigenvalue weighted by atomic mass is 10.0. The van der Waals surface area contributed by atoms with Crippen molar-refractivity contribution in [1.82, 2.24) is 14.8 Å². The van der Waals surface area contributed by atoms with Crippen LogP contribution in [0.2, 0.25) is 5.02 Å². The van der Waals surface area contributed by atoms with E-state index in [9.17, 15) is 9.59 Å². The molecule has 2 aromatic carbocycles. The SMILES string of the molecule is Cc1c(-c2n[nH]c(=O)c3ccccc23)c2cc(Cl)cc(F)c2n1CC(=O)OC(C)(C)C. The van der Waals surface area contributed by atoms with Crippen LogP contribution in [0, 0.1) is 12.7 Å². The number of nitrogens with zero attached hydrogens (tertiary/aromatic N) is 2. The molecule has 0 saturated carbocycles. The van der Waals surface area contributed by atoms with Gasteiger partial charge in [0.1, 0.15) is 23.7 Å². The van der Waals surface area contributed by atoms with E-state index < -0.39 is 17.4 Å². The first-order valence-corrected chi connectivity index (χ1v) is 10.1. The predicted molar refractivity (Wildman–Crippen MR) is 119 cm³/mol. The van der Waals surface area contributed by atoms with Crippen LogP contribution in [0.3, 0.4) is 0 Å². The van der Waals surface area contributed by atoms with Crippen LogP contribution in [0.25, 0.3) is 32.9 Å². The van der Waals surface area contributed by atoms with Crippen molar-refractivity contribution < 1.29 is 13.9 Å². The normalized spacial score (nSPS) is 11.9. The van der Waals surface area contributed by atoms with E-state index in [0.29, 0.717) is 33.1 Å². The van der Waals surface area contributed by atoms with Crippen LogP contribution in [0.1, 0.15) is 26.5 Å². The molecule has 0 radical (unpaired) electrons. The van der Waals surface area contributed by atoms with Crippen LogP contribution in [0.5, 0.6) is 0 Å². The van der Waals surface area contributed by atoms with Gasteiger partial charge in [-0.1, -0.05) is 29.8 Å². The number of H-pyrrole nitrogens is 1. The summed E-state index contributed by atoms with van der Waals surface area (Å²) in [5.74, 6) is -1.05. The van der Waals surface area contributed by atoms with E-state index in [4.69, 9.17) is 16.3 Å². The number of benzene rings is 2. The third kappa shape index (κ3) is 3.81. The van der Waals surface area contributed by atoms with Crippen LogP contribution in [-0.4, -0.2) is 26.3 Å². The molecule has 6 nitrogen and oxygen atoms in total. The summed E-state index contributed by atoms with van der Waals surface area (Å²) in [4.78, 5) is 24.8. The van der Waals surface area contributed by atoms with Gasteiger partial charge in [0.2, 0.25) is 0 Å². The molecule has 2 aromatic heterocycles. The predicted octanol–water partition coefficient (Wildman–Crippen LogP) is 4.99. The molecule has 0 atom stereocenters. The van der Waals surface area contributed by atoms with Crippen LogP contribution in [0.15, 0.2) is 41.2 Å². The van der Waals surface area contributed by atoms with Gasteiger partial charge in [-0.25, -0.2) is 9.49 Å². The number of carbonyl (C=O) groups is 1. The van der Waals surface area contributed by atoms with Crippen molar-refractivity contribution in [1.29, 1.82) is 0 Å². The van der Waals surface area contributed by atoms with Crippen LogP contribution in [-0.2, 0) is 16.1 Å². The van der Waals surface area contributed by atoms with Crippen molar-refractivity contribution in [2.45, 2.75) is 39.8 Å². The third-order valence-corrected chi connectivity index (χ3v) is 5.19. The fourth-order valence-corrected chi connectivity index (χ4v) is 4.04. The number of halogens is 2. The van der Waals surface area contributed by atoms with Gasteiger partial charge in [-0.3, -0.25) is 9.59 Å². The van der Waals surface area contributed by atoms with Gasteiger partial charge in [-0.2, -0.15) is 5.10 Å². The summed E-state index contributed by atoms with van der Waals surface area (Å²) in [7, 11) is 0. The van der Waals surface area contributed by atoms with E-state index in [2.05, 4.69) is 10.2 Å². The first kappa shape index (κ1) is 21.1. The summed E-state index contributed by atoms with van der Waals surface area (Å²) in [5.41, 5.74) is 0.898. The van der Waals surface area contributed by atoms with E-state index in [1.807, 2.05) is 0 Å². The van der Waals surface area contributed by atoms with E-state index in [-0.39, 0.29) is 22.6 Å². The third-order valence-electron chi connectivity index (χ3n) is 4.97. The molecule has 0 unspecified atom stereocenters. The quantitative estimate of drug-likeness (QED) is 0.454. The number of hydrogen-bond acceptors (Lipinski definition) is 4. The van der Waals surface area contributed by atoms with Crippen molar-refractivity contribution >= 4 is 39.2 Å². The van der Waals surface area contributed by atoms with Crippen molar-refractivity contribution in [2.24, 2.45) is 0 Å². The Morgan fingerprint density at radius 2 is 1.87 bits per heavy atom. The highest BCUT2D eigenvalue weighted by Crippen LogP contribution is 2.38. The number of aromatic nitrogens is 3. The Bertz CT molecular complexity index is 1400. The topological polar surface area (TPSA) is 77.0 Å². The number of fused-ring (bicyclic) bond motifs is 2. The zero-order valence-electron chi connectivity index (χ0n) is 17.5. The minimum absolute atomic E-state index is 0.181. The molecule has 4 aromatic rings. The molecule has 1 N–H and O–H groups in total. The van der Waals surface area contributed by atoms with E-state index >= 15 is 4.39 Å². The van der Waals surface area contributed by atoms with Crippen molar-refractivity contribution in [3.8, 4) is 11.3 Å². The van der Waals surface area contributed by atoms with Crippen molar-refractivity contribution in [2.75, 3.05) is 0 Å². The highest BCUT2D eigenvalue weighted by Gasteiger charge is 2.25. The highest BCUT2D eigenvalue weighted by molar-refractivity contribution is 6.31. The molecule has 0 fully saturated rings. The summed E-state index contributed by atoms with van der Waals surface area (Å²) >= 11 is 6.16. The van der Waals surface area contributed by atoms with Gasteiger partial charge in [-0.15, -0.1) is 0 Å². The number of aromatic amines is 1. The Labute approximate surface area is 182 Å². The molecule has 0 spiro atoms. The number of hydrogen-bond donors (Lipinski definition) is 1. The fourth-order valence-electron chi connectivity index (χ4n) is 3.83. The molecule has 31 heavy (non-hydrogen) atoms. The van der Waals surface area contributed by atoms with E-state index in [1.165, 1.54) is 6.07 Å². The first-order chi connectivity index (χ1) is 14.6. The zero-order chi connectivity index (χ0) is 22.5. The molecule has 4 rings (SSSR count). The van der Waals surface area contributed by atoms with Crippen LogP contribution in [0.4, 0.5) is 4.39 Å². The number of nitrogens with one attached hydrogen (secondary N) is 1. The smallest absolute Gasteiger partial charge is 0.326 e. The van der Waals surface area contributed by atoms with Gasteiger partial charge >= 0.3 is 5.97 Å². The largest absolute Gasteiger partial charge is 0.459 e. The van der Waals surface area contributed by atoms with E-state index in [0.717, 1.165) is 0 Å². The summed E-state index contributed by atoms with van der Waals surface area (Å²) in [5, 5.41) is 8.57. The number of rotatable bonds is 3.